The molecule has 0 radical (unpaired) electrons. The normalized spacial score (nSPS) is 22.1. The summed E-state index contributed by atoms with van der Waals surface area (Å²) in [5, 5.41) is 2.90. The minimum Gasteiger partial charge on any atom is -0.380 e. The minimum absolute atomic E-state index is 0.0706. The van der Waals surface area contributed by atoms with Crippen molar-refractivity contribution >= 4 is 5.91 Å². The van der Waals surface area contributed by atoms with E-state index in [9.17, 15) is 4.79 Å². The summed E-state index contributed by atoms with van der Waals surface area (Å²) in [5.74, 6) is 0.0706. The molecule has 0 aliphatic carbocycles. The zero-order valence-corrected chi connectivity index (χ0v) is 11.1. The van der Waals surface area contributed by atoms with Crippen molar-refractivity contribution in [2.45, 2.75) is 44.8 Å². The summed E-state index contributed by atoms with van der Waals surface area (Å²) in [6, 6.07) is 0.678. The predicted octanol–water partition coefficient (Wildman–Crippen LogP) is -0.0509. The first-order valence-corrected chi connectivity index (χ1v) is 6.33. The van der Waals surface area contributed by atoms with Crippen molar-refractivity contribution in [2.75, 3.05) is 26.8 Å². The van der Waals surface area contributed by atoms with Crippen LogP contribution in [0.4, 0.5) is 0 Å². The third kappa shape index (κ3) is 4.61. The van der Waals surface area contributed by atoms with Gasteiger partial charge in [0.2, 0.25) is 5.91 Å². The molecule has 1 amide bonds. The first kappa shape index (κ1) is 14.4. The molecule has 1 aliphatic heterocycles. The van der Waals surface area contributed by atoms with Crippen LogP contribution in [0.1, 0.15) is 26.7 Å². The second-order valence-corrected chi connectivity index (χ2v) is 5.00. The lowest BCUT2D eigenvalue weighted by Crippen LogP contribution is -2.47. The number of hydrogen-bond donors (Lipinski definition) is 2. The number of nitrogens with two attached hydrogens (primary N) is 1. The van der Waals surface area contributed by atoms with Gasteiger partial charge in [-0.1, -0.05) is 0 Å². The lowest BCUT2D eigenvalue weighted by molar-refractivity contribution is -0.122. The Hall–Kier alpha value is -0.650. The molecule has 1 aliphatic rings. The Kier molecular flexibility index (Phi) is 5.88. The smallest absolute Gasteiger partial charge is 0.221 e. The number of likely N-dealkylation sites (N-methyl/N-ethyl adjacent to an activating group) is 1. The van der Waals surface area contributed by atoms with E-state index in [1.165, 1.54) is 0 Å². The molecule has 5 nitrogen and oxygen atoms in total. The molecule has 0 saturated carbocycles. The highest BCUT2D eigenvalue weighted by Crippen LogP contribution is 2.14. The van der Waals surface area contributed by atoms with Crippen LogP contribution < -0.4 is 11.1 Å². The van der Waals surface area contributed by atoms with Gasteiger partial charge in [0.25, 0.3) is 0 Å². The van der Waals surface area contributed by atoms with Gasteiger partial charge >= 0.3 is 0 Å². The SMILES string of the molecule is CC(C)NC(=O)CC(CN)N(C)C1CCOC1. The van der Waals surface area contributed by atoms with E-state index in [4.69, 9.17) is 10.5 Å². The Morgan fingerprint density at radius 2 is 2.29 bits per heavy atom. The standard InChI is InChI=1S/C12H25N3O2/c1-9(2)14-12(16)6-11(7-13)15(3)10-4-5-17-8-10/h9-11H,4-8,13H2,1-3H3,(H,14,16). The van der Waals surface area contributed by atoms with Crippen LogP contribution in [-0.2, 0) is 9.53 Å². The van der Waals surface area contributed by atoms with Crippen LogP contribution >= 0.6 is 0 Å². The van der Waals surface area contributed by atoms with Crippen molar-refractivity contribution in [1.29, 1.82) is 0 Å². The highest BCUT2D eigenvalue weighted by molar-refractivity contribution is 5.76. The topological polar surface area (TPSA) is 67.6 Å². The number of nitrogens with one attached hydrogen (secondary N) is 1. The van der Waals surface area contributed by atoms with Gasteiger partial charge in [-0.25, -0.2) is 0 Å². The van der Waals surface area contributed by atoms with Crippen LogP contribution in [0.2, 0.25) is 0 Å². The van der Waals surface area contributed by atoms with Gasteiger partial charge in [0.1, 0.15) is 0 Å². The molecule has 0 aromatic heterocycles. The summed E-state index contributed by atoms with van der Waals surface area (Å²) in [4.78, 5) is 13.9. The summed E-state index contributed by atoms with van der Waals surface area (Å²) >= 11 is 0. The molecule has 1 heterocycles. The fourth-order valence-electron chi connectivity index (χ4n) is 2.13. The summed E-state index contributed by atoms with van der Waals surface area (Å²) in [7, 11) is 2.03. The molecular weight excluding hydrogens is 218 g/mol. The van der Waals surface area contributed by atoms with Crippen molar-refractivity contribution in [1.82, 2.24) is 10.2 Å². The maximum atomic E-state index is 11.7. The molecule has 1 saturated heterocycles. The Morgan fingerprint density at radius 1 is 1.59 bits per heavy atom. The fraction of sp³-hybridized carbons (Fsp3) is 0.917. The van der Waals surface area contributed by atoms with E-state index in [0.717, 1.165) is 19.6 Å². The maximum Gasteiger partial charge on any atom is 0.221 e. The minimum atomic E-state index is 0.0706. The third-order valence-corrected chi connectivity index (χ3v) is 3.20. The van der Waals surface area contributed by atoms with Gasteiger partial charge in [0.15, 0.2) is 0 Å². The van der Waals surface area contributed by atoms with Crippen molar-refractivity contribution < 1.29 is 9.53 Å². The molecule has 2 atom stereocenters. The van der Waals surface area contributed by atoms with Crippen LogP contribution in [0.25, 0.3) is 0 Å². The first-order valence-electron chi connectivity index (χ1n) is 6.33. The van der Waals surface area contributed by atoms with E-state index in [1.54, 1.807) is 0 Å². The highest BCUT2D eigenvalue weighted by atomic mass is 16.5. The molecule has 0 aromatic rings. The van der Waals surface area contributed by atoms with Gasteiger partial charge in [0.05, 0.1) is 6.61 Å². The van der Waals surface area contributed by atoms with E-state index in [2.05, 4.69) is 10.2 Å². The van der Waals surface area contributed by atoms with E-state index >= 15 is 0 Å². The summed E-state index contributed by atoms with van der Waals surface area (Å²) in [6.07, 6.45) is 1.49. The number of carbonyl (C=O) groups is 1. The van der Waals surface area contributed by atoms with Crippen LogP contribution in [0.15, 0.2) is 0 Å². The van der Waals surface area contributed by atoms with Crippen LogP contribution in [0, 0.1) is 0 Å². The zero-order valence-electron chi connectivity index (χ0n) is 11.1. The van der Waals surface area contributed by atoms with Gasteiger partial charge in [-0.05, 0) is 27.3 Å². The molecule has 0 spiro atoms. The van der Waals surface area contributed by atoms with Crippen LogP contribution in [-0.4, -0.2) is 55.7 Å². The molecular formula is C12H25N3O2. The highest BCUT2D eigenvalue weighted by Gasteiger charge is 2.26. The Balaban J connectivity index is 2.43. The predicted molar refractivity (Wildman–Crippen MR) is 67.7 cm³/mol. The fourth-order valence-corrected chi connectivity index (χ4v) is 2.13. The number of ether oxygens (including phenoxy) is 1. The number of nitrogens with zero attached hydrogens (tertiary/aromatic N) is 1. The van der Waals surface area contributed by atoms with Gasteiger partial charge in [0, 0.05) is 37.7 Å². The molecule has 100 valence electrons. The maximum absolute atomic E-state index is 11.7. The summed E-state index contributed by atoms with van der Waals surface area (Å²) < 4.78 is 5.36. The van der Waals surface area contributed by atoms with Crippen molar-refractivity contribution in [3.63, 3.8) is 0 Å². The Bertz CT molecular complexity index is 240. The lowest BCUT2D eigenvalue weighted by atomic mass is 10.1. The lowest BCUT2D eigenvalue weighted by Gasteiger charge is -2.31. The largest absolute Gasteiger partial charge is 0.380 e. The van der Waals surface area contributed by atoms with Crippen molar-refractivity contribution in [3.05, 3.63) is 0 Å². The van der Waals surface area contributed by atoms with E-state index < -0.39 is 0 Å². The average Bonchev–Trinajstić information content (AvgIpc) is 2.77. The number of rotatable bonds is 6. The van der Waals surface area contributed by atoms with E-state index in [1.807, 2.05) is 20.9 Å². The summed E-state index contributed by atoms with van der Waals surface area (Å²) in [5.41, 5.74) is 5.76. The second-order valence-electron chi connectivity index (χ2n) is 5.00. The summed E-state index contributed by atoms with van der Waals surface area (Å²) in [6.45, 7) is 5.98. The molecule has 2 unspecified atom stereocenters. The molecule has 5 heteroatoms. The number of hydrogen-bond acceptors (Lipinski definition) is 4. The van der Waals surface area contributed by atoms with Crippen LogP contribution in [0.5, 0.6) is 0 Å². The quantitative estimate of drug-likeness (QED) is 0.686. The van der Waals surface area contributed by atoms with E-state index in [-0.39, 0.29) is 18.0 Å². The second kappa shape index (κ2) is 6.93. The zero-order chi connectivity index (χ0) is 12.8. The van der Waals surface area contributed by atoms with Gasteiger partial charge in [-0.3, -0.25) is 9.69 Å². The Morgan fingerprint density at radius 3 is 2.76 bits per heavy atom. The van der Waals surface area contributed by atoms with E-state index in [0.29, 0.717) is 19.0 Å². The van der Waals surface area contributed by atoms with Crippen LogP contribution in [0.3, 0.4) is 0 Å². The molecule has 0 aromatic carbocycles. The molecule has 1 rings (SSSR count). The first-order chi connectivity index (χ1) is 8.04. The molecule has 17 heavy (non-hydrogen) atoms. The molecule has 0 bridgehead atoms. The number of amides is 1. The Labute approximate surface area is 104 Å². The average molecular weight is 243 g/mol. The number of carbonyl (C=O) groups excluding carboxylic acids is 1. The molecule has 3 N–H and O–H groups in total. The van der Waals surface area contributed by atoms with Gasteiger partial charge < -0.3 is 15.8 Å². The molecule has 1 fully saturated rings. The third-order valence-electron chi connectivity index (χ3n) is 3.20. The van der Waals surface area contributed by atoms with Crippen molar-refractivity contribution in [3.8, 4) is 0 Å². The van der Waals surface area contributed by atoms with Gasteiger partial charge in [-0.15, -0.1) is 0 Å². The monoisotopic (exact) mass is 243 g/mol. The van der Waals surface area contributed by atoms with Crippen molar-refractivity contribution in [2.24, 2.45) is 5.73 Å². The van der Waals surface area contributed by atoms with Gasteiger partial charge in [-0.2, -0.15) is 0 Å².